The first-order valence-corrected chi connectivity index (χ1v) is 7.75. The van der Waals surface area contributed by atoms with Crippen molar-refractivity contribution in [2.75, 3.05) is 20.7 Å². The monoisotopic (exact) mass is 327 g/mol. The average Bonchev–Trinajstić information content (AvgIpc) is 2.57. The number of Topliss-reactive ketones (excluding diaryl/α,β-unsaturated/α-hetero) is 1. The fourth-order valence-electron chi connectivity index (χ4n) is 2.68. The summed E-state index contributed by atoms with van der Waals surface area (Å²) in [5.41, 5.74) is 1.16. The first-order valence-electron chi connectivity index (χ1n) is 7.75. The van der Waals surface area contributed by atoms with Gasteiger partial charge >= 0.3 is 0 Å². The number of amides is 1. The molecule has 0 radical (unpaired) electrons. The van der Waals surface area contributed by atoms with Crippen LogP contribution in [0.3, 0.4) is 0 Å². The summed E-state index contributed by atoms with van der Waals surface area (Å²) in [4.78, 5) is 38.7. The summed E-state index contributed by atoms with van der Waals surface area (Å²) >= 11 is 0. The SMILES string of the molecule is COC1=C(C(C)C)C(=O)C=C(CN(C)C(=O)c2ccccc2)C1=O. The minimum Gasteiger partial charge on any atom is -0.492 e. The Bertz CT molecular complexity index is 729. The zero-order valence-corrected chi connectivity index (χ0v) is 14.3. The van der Waals surface area contributed by atoms with Gasteiger partial charge in [-0.2, -0.15) is 0 Å². The molecule has 1 aromatic rings. The minimum absolute atomic E-state index is 0.0521. The lowest BCUT2D eigenvalue weighted by molar-refractivity contribution is -0.118. The van der Waals surface area contributed by atoms with Gasteiger partial charge in [0.1, 0.15) is 0 Å². The molecule has 0 heterocycles. The fourth-order valence-corrected chi connectivity index (χ4v) is 2.68. The molecule has 0 atom stereocenters. The van der Waals surface area contributed by atoms with Crippen LogP contribution in [0.15, 0.2) is 53.3 Å². The molecule has 1 aromatic carbocycles. The van der Waals surface area contributed by atoms with Gasteiger partial charge in [0.05, 0.1) is 7.11 Å². The molecule has 2 rings (SSSR count). The third-order valence-corrected chi connectivity index (χ3v) is 3.87. The van der Waals surface area contributed by atoms with Gasteiger partial charge in [-0.05, 0) is 24.1 Å². The third-order valence-electron chi connectivity index (χ3n) is 3.87. The highest BCUT2D eigenvalue weighted by molar-refractivity contribution is 6.22. The predicted octanol–water partition coefficient (Wildman–Crippen LogP) is 2.39. The third kappa shape index (κ3) is 3.45. The van der Waals surface area contributed by atoms with Gasteiger partial charge in [0, 0.05) is 30.3 Å². The van der Waals surface area contributed by atoms with Crippen LogP contribution in [0.5, 0.6) is 0 Å². The van der Waals surface area contributed by atoms with Crippen molar-refractivity contribution in [1.29, 1.82) is 0 Å². The van der Waals surface area contributed by atoms with Crippen molar-refractivity contribution in [2.45, 2.75) is 13.8 Å². The summed E-state index contributed by atoms with van der Waals surface area (Å²) in [5.74, 6) is -0.828. The van der Waals surface area contributed by atoms with Crippen molar-refractivity contribution in [3.8, 4) is 0 Å². The highest BCUT2D eigenvalue weighted by atomic mass is 16.5. The second kappa shape index (κ2) is 7.25. The molecule has 24 heavy (non-hydrogen) atoms. The van der Waals surface area contributed by atoms with E-state index in [2.05, 4.69) is 0 Å². The van der Waals surface area contributed by atoms with Gasteiger partial charge < -0.3 is 9.64 Å². The zero-order chi connectivity index (χ0) is 17.9. The lowest BCUT2D eigenvalue weighted by Gasteiger charge is -2.23. The van der Waals surface area contributed by atoms with Gasteiger partial charge in [0.2, 0.25) is 5.78 Å². The summed E-state index contributed by atoms with van der Waals surface area (Å²) in [7, 11) is 2.98. The number of carbonyl (C=O) groups is 3. The van der Waals surface area contributed by atoms with Gasteiger partial charge in [-0.15, -0.1) is 0 Å². The van der Waals surface area contributed by atoms with E-state index in [-0.39, 0.29) is 41.3 Å². The number of hydrogen-bond donors (Lipinski definition) is 0. The summed E-state index contributed by atoms with van der Waals surface area (Å²) in [6.45, 7) is 3.73. The number of carbonyl (C=O) groups excluding carboxylic acids is 3. The van der Waals surface area contributed by atoms with Crippen LogP contribution in [-0.2, 0) is 14.3 Å². The van der Waals surface area contributed by atoms with Gasteiger partial charge in [-0.25, -0.2) is 0 Å². The van der Waals surface area contributed by atoms with Crippen LogP contribution in [0.4, 0.5) is 0 Å². The highest BCUT2D eigenvalue weighted by Gasteiger charge is 2.32. The lowest BCUT2D eigenvalue weighted by atomic mass is 9.88. The number of allylic oxidation sites excluding steroid dienone is 3. The second-order valence-corrected chi connectivity index (χ2v) is 5.99. The first kappa shape index (κ1) is 17.7. The van der Waals surface area contributed by atoms with Crippen LogP contribution in [0.1, 0.15) is 24.2 Å². The molecule has 0 saturated heterocycles. The van der Waals surface area contributed by atoms with Crippen molar-refractivity contribution in [3.63, 3.8) is 0 Å². The van der Waals surface area contributed by atoms with Crippen molar-refractivity contribution in [1.82, 2.24) is 4.90 Å². The fraction of sp³-hybridized carbons (Fsp3) is 0.316. The summed E-state index contributed by atoms with van der Waals surface area (Å²) in [6.07, 6.45) is 1.31. The lowest BCUT2D eigenvalue weighted by Crippen LogP contribution is -2.33. The molecule has 1 aliphatic rings. The van der Waals surface area contributed by atoms with E-state index in [0.717, 1.165) is 0 Å². The summed E-state index contributed by atoms with van der Waals surface area (Å²) in [5, 5.41) is 0. The molecule has 5 heteroatoms. The first-order chi connectivity index (χ1) is 11.4. The Morgan fingerprint density at radius 3 is 2.33 bits per heavy atom. The molecular weight excluding hydrogens is 306 g/mol. The van der Waals surface area contributed by atoms with Crippen molar-refractivity contribution in [3.05, 3.63) is 58.9 Å². The average molecular weight is 327 g/mol. The second-order valence-electron chi connectivity index (χ2n) is 5.99. The van der Waals surface area contributed by atoms with Crippen LogP contribution >= 0.6 is 0 Å². The number of rotatable bonds is 5. The maximum Gasteiger partial charge on any atom is 0.253 e. The number of ketones is 2. The Labute approximate surface area is 141 Å². The molecule has 1 aliphatic carbocycles. The normalized spacial score (nSPS) is 14.8. The van der Waals surface area contributed by atoms with Crippen LogP contribution in [0.25, 0.3) is 0 Å². The Kier molecular flexibility index (Phi) is 5.34. The van der Waals surface area contributed by atoms with Gasteiger partial charge in [-0.1, -0.05) is 32.0 Å². The van der Waals surface area contributed by atoms with Crippen LogP contribution < -0.4 is 0 Å². The van der Waals surface area contributed by atoms with Crippen LogP contribution in [0, 0.1) is 5.92 Å². The maximum absolute atomic E-state index is 12.6. The minimum atomic E-state index is -0.339. The Balaban J connectivity index is 2.22. The van der Waals surface area contributed by atoms with E-state index in [9.17, 15) is 14.4 Å². The molecule has 5 nitrogen and oxygen atoms in total. The van der Waals surface area contributed by atoms with E-state index in [4.69, 9.17) is 4.74 Å². The highest BCUT2D eigenvalue weighted by Crippen LogP contribution is 2.26. The van der Waals surface area contributed by atoms with Gasteiger partial charge in [-0.3, -0.25) is 14.4 Å². The largest absolute Gasteiger partial charge is 0.492 e. The topological polar surface area (TPSA) is 63.7 Å². The molecule has 0 saturated carbocycles. The number of hydrogen-bond acceptors (Lipinski definition) is 4. The molecule has 0 spiro atoms. The standard InChI is InChI=1S/C19H21NO4/c1-12(2)16-15(21)10-14(17(22)18(16)24-4)11-20(3)19(23)13-8-6-5-7-9-13/h5-10,12H,11H2,1-4H3. The molecule has 0 aliphatic heterocycles. The number of nitrogens with zero attached hydrogens (tertiary/aromatic N) is 1. The van der Waals surface area contributed by atoms with Gasteiger partial charge in [0.25, 0.3) is 5.91 Å². The van der Waals surface area contributed by atoms with E-state index < -0.39 is 0 Å². The smallest absolute Gasteiger partial charge is 0.253 e. The van der Waals surface area contributed by atoms with Crippen molar-refractivity contribution in [2.24, 2.45) is 5.92 Å². The van der Waals surface area contributed by atoms with Crippen molar-refractivity contribution >= 4 is 17.5 Å². The molecule has 1 amide bonds. The molecule has 0 fully saturated rings. The zero-order valence-electron chi connectivity index (χ0n) is 14.3. The quantitative estimate of drug-likeness (QED) is 0.779. The summed E-state index contributed by atoms with van der Waals surface area (Å²) < 4.78 is 5.17. The van der Waals surface area contributed by atoms with E-state index in [1.54, 1.807) is 31.3 Å². The van der Waals surface area contributed by atoms with E-state index in [0.29, 0.717) is 11.1 Å². The number of methoxy groups -OCH3 is 1. The number of benzene rings is 1. The van der Waals surface area contributed by atoms with Gasteiger partial charge in [0.15, 0.2) is 11.5 Å². The van der Waals surface area contributed by atoms with Crippen molar-refractivity contribution < 1.29 is 19.1 Å². The molecule has 0 unspecified atom stereocenters. The van der Waals surface area contributed by atoms with Crippen LogP contribution in [0.2, 0.25) is 0 Å². The molecule has 0 N–H and O–H groups in total. The summed E-state index contributed by atoms with van der Waals surface area (Å²) in [6, 6.07) is 8.79. The maximum atomic E-state index is 12.6. The van der Waals surface area contributed by atoms with E-state index >= 15 is 0 Å². The molecule has 126 valence electrons. The Morgan fingerprint density at radius 2 is 1.79 bits per heavy atom. The predicted molar refractivity (Wildman–Crippen MR) is 90.4 cm³/mol. The van der Waals surface area contributed by atoms with E-state index in [1.165, 1.54) is 18.1 Å². The molecule has 0 bridgehead atoms. The Hall–Kier alpha value is -2.69. The van der Waals surface area contributed by atoms with Crippen LogP contribution in [-0.4, -0.2) is 43.1 Å². The number of likely N-dealkylation sites (N-methyl/N-ethyl adjacent to an activating group) is 1. The Morgan fingerprint density at radius 1 is 1.17 bits per heavy atom. The molecular formula is C19H21NO4. The molecule has 0 aromatic heterocycles. The van der Waals surface area contributed by atoms with E-state index in [1.807, 2.05) is 19.9 Å². The number of ether oxygens (including phenoxy) is 1.